The number of benzene rings is 2. The van der Waals surface area contributed by atoms with Crippen molar-refractivity contribution >= 4 is 21.7 Å². The van der Waals surface area contributed by atoms with Gasteiger partial charge in [0.15, 0.2) is 5.69 Å². The monoisotopic (exact) mass is 472 g/mol. The normalized spacial score (nSPS) is 12.1. The van der Waals surface area contributed by atoms with Crippen LogP contribution in [0.25, 0.3) is 16.9 Å². The van der Waals surface area contributed by atoms with Crippen molar-refractivity contribution in [3.8, 4) is 16.9 Å². The lowest BCUT2D eigenvalue weighted by Crippen LogP contribution is -2.13. The number of nitrogens with zero attached hydrogens (tertiary/aromatic N) is 3. The lowest BCUT2D eigenvalue weighted by atomic mass is 9.88. The molecule has 0 amide bonds. The molecule has 0 saturated carbocycles. The Hall–Kier alpha value is -3.57. The molecule has 2 N–H and O–H groups in total. The number of aryl methyl sites for hydroxylation is 1. The predicted molar refractivity (Wildman–Crippen MR) is 122 cm³/mol. The summed E-state index contributed by atoms with van der Waals surface area (Å²) >= 11 is 0. The van der Waals surface area contributed by atoms with E-state index in [0.717, 1.165) is 5.56 Å². The Bertz CT molecular complexity index is 1330. The second-order valence-electron chi connectivity index (χ2n) is 6.95. The van der Waals surface area contributed by atoms with Crippen LogP contribution in [0, 0.1) is 10.1 Å². The number of hydrogen-bond donors (Lipinski definition) is 1. The molecule has 0 saturated heterocycles. The van der Waals surface area contributed by atoms with E-state index in [1.807, 2.05) is 13.8 Å². The third-order valence-electron chi connectivity index (χ3n) is 5.05. The number of nitro groups is 1. The lowest BCUT2D eigenvalue weighted by molar-refractivity contribution is -0.384. The highest BCUT2D eigenvalue weighted by atomic mass is 32.2. The summed E-state index contributed by atoms with van der Waals surface area (Å²) in [5.74, 6) is -0.617. The number of carbonyl (C=O) groups is 1. The zero-order chi connectivity index (χ0) is 24.3. The maximum absolute atomic E-state index is 12.6. The van der Waals surface area contributed by atoms with E-state index >= 15 is 0 Å². The number of nitrogens with two attached hydrogens (primary N) is 1. The van der Waals surface area contributed by atoms with Crippen molar-refractivity contribution in [2.75, 3.05) is 6.61 Å². The lowest BCUT2D eigenvalue weighted by Gasteiger charge is -2.18. The third kappa shape index (κ3) is 4.64. The molecule has 1 aliphatic carbocycles. The van der Waals surface area contributed by atoms with Gasteiger partial charge in [0.25, 0.3) is 5.69 Å². The van der Waals surface area contributed by atoms with Gasteiger partial charge >= 0.3 is 5.97 Å². The minimum atomic E-state index is -3.97. The summed E-state index contributed by atoms with van der Waals surface area (Å²) < 4.78 is 30.2. The van der Waals surface area contributed by atoms with Gasteiger partial charge in [-0.25, -0.2) is 23.0 Å². The average Bonchev–Trinajstić information content (AvgIpc) is 3.20. The van der Waals surface area contributed by atoms with Crippen LogP contribution in [-0.2, 0) is 27.6 Å². The molecule has 0 aliphatic heterocycles. The first-order chi connectivity index (χ1) is 15.7. The number of hydrogen-bond acceptors (Lipinski definition) is 7. The van der Waals surface area contributed by atoms with E-state index in [-0.39, 0.29) is 22.9 Å². The van der Waals surface area contributed by atoms with Crippen molar-refractivity contribution in [2.45, 2.75) is 38.5 Å². The molecule has 4 rings (SSSR count). The number of primary sulfonamides is 1. The maximum Gasteiger partial charge on any atom is 0.359 e. The average molecular weight is 473 g/mol. The second-order valence-corrected chi connectivity index (χ2v) is 8.51. The molecule has 2 aromatic carbocycles. The Morgan fingerprint density at radius 1 is 1.21 bits per heavy atom. The number of sulfonamides is 1. The first-order valence-electron chi connectivity index (χ1n) is 10.4. The molecule has 10 nitrogen and oxygen atoms in total. The number of esters is 1. The van der Waals surface area contributed by atoms with E-state index in [1.54, 1.807) is 19.1 Å². The van der Waals surface area contributed by atoms with Gasteiger partial charge in [0.05, 0.1) is 27.8 Å². The molecule has 0 radical (unpaired) electrons. The molecular weight excluding hydrogens is 448 g/mol. The van der Waals surface area contributed by atoms with E-state index < -0.39 is 20.9 Å². The van der Waals surface area contributed by atoms with E-state index in [2.05, 4.69) is 5.10 Å². The number of fused-ring (bicyclic) bond motifs is 3. The summed E-state index contributed by atoms with van der Waals surface area (Å²) in [5, 5.41) is 21.0. The van der Waals surface area contributed by atoms with Gasteiger partial charge in [-0.05, 0) is 43.5 Å². The minimum Gasteiger partial charge on any atom is -0.461 e. The second kappa shape index (κ2) is 9.51. The van der Waals surface area contributed by atoms with Gasteiger partial charge in [-0.15, -0.1) is 0 Å². The van der Waals surface area contributed by atoms with Crippen LogP contribution < -0.4 is 5.14 Å². The van der Waals surface area contributed by atoms with Crippen molar-refractivity contribution in [1.29, 1.82) is 0 Å². The maximum atomic E-state index is 12.6. The SMILES string of the molecule is CC.CCOC(=O)c1nn(-c2cccc(S(N)(=O)=O)c2)c2c1CCc1ccc([N+](=O)[O-])cc1-2. The molecule has 174 valence electrons. The smallest absolute Gasteiger partial charge is 0.359 e. The van der Waals surface area contributed by atoms with Gasteiger partial charge in [0.2, 0.25) is 10.0 Å². The highest BCUT2D eigenvalue weighted by molar-refractivity contribution is 7.89. The molecule has 0 fully saturated rings. The van der Waals surface area contributed by atoms with Gasteiger partial charge in [0.1, 0.15) is 0 Å². The molecule has 0 spiro atoms. The van der Waals surface area contributed by atoms with Crippen LogP contribution in [0.4, 0.5) is 5.69 Å². The van der Waals surface area contributed by atoms with Crippen LogP contribution in [-0.4, -0.2) is 35.7 Å². The van der Waals surface area contributed by atoms with Crippen LogP contribution in [0.1, 0.15) is 42.4 Å². The fourth-order valence-corrected chi connectivity index (χ4v) is 4.24. The Balaban J connectivity index is 0.00000149. The first kappa shape index (κ1) is 24.1. The molecule has 0 unspecified atom stereocenters. The quantitative estimate of drug-likeness (QED) is 0.340. The van der Waals surface area contributed by atoms with Gasteiger partial charge in [-0.2, -0.15) is 5.10 Å². The summed E-state index contributed by atoms with van der Waals surface area (Å²) in [6, 6.07) is 10.3. The van der Waals surface area contributed by atoms with E-state index in [1.165, 1.54) is 35.0 Å². The summed E-state index contributed by atoms with van der Waals surface area (Å²) in [6.45, 7) is 5.83. The molecule has 11 heteroatoms. The fraction of sp³-hybridized carbons (Fsp3) is 0.273. The minimum absolute atomic E-state index is 0.0926. The van der Waals surface area contributed by atoms with Crippen LogP contribution in [0.15, 0.2) is 47.4 Å². The topological polar surface area (TPSA) is 147 Å². The third-order valence-corrected chi connectivity index (χ3v) is 5.96. The Kier molecular flexibility index (Phi) is 6.94. The number of aromatic nitrogens is 2. The highest BCUT2D eigenvalue weighted by Gasteiger charge is 2.31. The number of ether oxygens (including phenoxy) is 1. The van der Waals surface area contributed by atoms with Crippen molar-refractivity contribution in [3.63, 3.8) is 0 Å². The van der Waals surface area contributed by atoms with Crippen LogP contribution in [0.5, 0.6) is 0 Å². The Morgan fingerprint density at radius 2 is 1.94 bits per heavy atom. The first-order valence-corrected chi connectivity index (χ1v) is 11.9. The molecule has 1 aromatic heterocycles. The van der Waals surface area contributed by atoms with E-state index in [9.17, 15) is 23.3 Å². The largest absolute Gasteiger partial charge is 0.461 e. The summed E-state index contributed by atoms with van der Waals surface area (Å²) in [5.41, 5.74) is 2.83. The number of carbonyl (C=O) groups excluding carboxylic acids is 1. The highest BCUT2D eigenvalue weighted by Crippen LogP contribution is 2.39. The molecule has 1 heterocycles. The van der Waals surface area contributed by atoms with E-state index in [0.29, 0.717) is 35.3 Å². The summed E-state index contributed by atoms with van der Waals surface area (Å²) in [4.78, 5) is 23.3. The Morgan fingerprint density at radius 3 is 2.58 bits per heavy atom. The molecule has 0 atom stereocenters. The van der Waals surface area contributed by atoms with Crippen molar-refractivity contribution in [3.05, 3.63) is 69.4 Å². The molecule has 1 aliphatic rings. The summed E-state index contributed by atoms with van der Waals surface area (Å²) in [7, 11) is -3.97. The van der Waals surface area contributed by atoms with Gasteiger partial charge in [-0.3, -0.25) is 10.1 Å². The van der Waals surface area contributed by atoms with E-state index in [4.69, 9.17) is 9.88 Å². The zero-order valence-corrected chi connectivity index (χ0v) is 19.3. The van der Waals surface area contributed by atoms with Crippen LogP contribution >= 0.6 is 0 Å². The molecule has 3 aromatic rings. The molecule has 33 heavy (non-hydrogen) atoms. The standard InChI is InChI=1S/C20H18N4O6S.C2H6/c1-2-30-20(25)18-16-9-7-12-6-8-14(24(26)27)11-17(12)19(16)23(22-18)13-4-3-5-15(10-13)31(21,28)29;1-2/h3-6,8,10-11H,2,7,9H2,1H3,(H2,21,28,29);1-2H3. The van der Waals surface area contributed by atoms with Gasteiger partial charge < -0.3 is 4.74 Å². The van der Waals surface area contributed by atoms with Crippen LogP contribution in [0.2, 0.25) is 0 Å². The summed E-state index contributed by atoms with van der Waals surface area (Å²) in [6.07, 6.45) is 1.04. The number of rotatable bonds is 5. The van der Waals surface area contributed by atoms with Crippen molar-refractivity contribution in [2.24, 2.45) is 5.14 Å². The predicted octanol–water partition coefficient (Wildman–Crippen LogP) is 3.40. The fourth-order valence-electron chi connectivity index (χ4n) is 3.68. The van der Waals surface area contributed by atoms with Crippen LogP contribution in [0.3, 0.4) is 0 Å². The Labute approximate surface area is 191 Å². The van der Waals surface area contributed by atoms with Crippen molar-refractivity contribution < 1.29 is 22.9 Å². The van der Waals surface area contributed by atoms with Gasteiger partial charge in [-0.1, -0.05) is 26.0 Å². The van der Waals surface area contributed by atoms with Gasteiger partial charge in [0, 0.05) is 23.3 Å². The molecule has 0 bridgehead atoms. The number of non-ortho nitro benzene ring substituents is 1. The molecular formula is C22H24N4O6S. The number of nitro benzene ring substituents is 1. The van der Waals surface area contributed by atoms with Crippen molar-refractivity contribution in [1.82, 2.24) is 9.78 Å². The zero-order valence-electron chi connectivity index (χ0n) is 18.4.